The van der Waals surface area contributed by atoms with E-state index in [1.54, 1.807) is 0 Å². The van der Waals surface area contributed by atoms with E-state index in [1.807, 2.05) is 0 Å². The van der Waals surface area contributed by atoms with Crippen molar-refractivity contribution in [1.82, 2.24) is 0 Å². The number of nitrogens with zero attached hydrogens (tertiary/aromatic N) is 1. The highest BCUT2D eigenvalue weighted by molar-refractivity contribution is 7.80. The molecule has 1 unspecified atom stereocenters. The quantitative estimate of drug-likeness (QED) is 0.604. The molecule has 1 aromatic carbocycles. The highest BCUT2D eigenvalue weighted by atomic mass is 32.1. The third kappa shape index (κ3) is 2.05. The van der Waals surface area contributed by atoms with E-state index < -0.39 is 0 Å². The average molecular weight is 219 g/mol. The monoisotopic (exact) mass is 219 g/mol. The molecule has 80 valence electrons. The van der Waals surface area contributed by atoms with Gasteiger partial charge < -0.3 is 4.90 Å². The molecule has 0 spiro atoms. The van der Waals surface area contributed by atoms with Gasteiger partial charge in [-0.3, -0.25) is 0 Å². The molecule has 0 N–H and O–H groups in total. The van der Waals surface area contributed by atoms with Gasteiger partial charge in [-0.05, 0) is 30.5 Å². The molecule has 1 aliphatic rings. The maximum atomic E-state index is 4.26. The van der Waals surface area contributed by atoms with Crippen molar-refractivity contribution in [2.75, 3.05) is 17.2 Å². The second-order valence-corrected chi connectivity index (χ2v) is 4.53. The third-order valence-corrected chi connectivity index (χ3v) is 3.41. The van der Waals surface area contributed by atoms with Crippen LogP contribution in [0.2, 0.25) is 0 Å². The van der Waals surface area contributed by atoms with E-state index >= 15 is 0 Å². The second kappa shape index (κ2) is 4.31. The first-order valence-corrected chi connectivity index (χ1v) is 5.97. The minimum Gasteiger partial charge on any atom is -0.364 e. The van der Waals surface area contributed by atoms with Crippen molar-refractivity contribution < 1.29 is 0 Å². The topological polar surface area (TPSA) is 3.24 Å². The summed E-state index contributed by atoms with van der Waals surface area (Å²) in [6.45, 7) is 7.23. The molecule has 0 bridgehead atoms. The van der Waals surface area contributed by atoms with Crippen molar-refractivity contribution in [1.29, 1.82) is 0 Å². The molecule has 2 rings (SSSR count). The van der Waals surface area contributed by atoms with Crippen LogP contribution in [0.25, 0.3) is 0 Å². The van der Waals surface area contributed by atoms with Crippen LogP contribution >= 0.6 is 12.6 Å². The lowest BCUT2D eigenvalue weighted by atomic mass is 10.1. The fourth-order valence-electron chi connectivity index (χ4n) is 2.16. The molecule has 0 aliphatic carbocycles. The molecule has 0 saturated heterocycles. The predicted molar refractivity (Wildman–Crippen MR) is 69.9 cm³/mol. The number of anilines is 1. The molecule has 0 saturated carbocycles. The minimum atomic E-state index is 0.582. The van der Waals surface area contributed by atoms with E-state index in [0.717, 1.165) is 18.7 Å². The minimum absolute atomic E-state index is 0.582. The molecule has 1 aromatic rings. The van der Waals surface area contributed by atoms with Gasteiger partial charge in [-0.25, -0.2) is 0 Å². The fraction of sp³-hybridized carbons (Fsp3) is 0.385. The van der Waals surface area contributed by atoms with E-state index in [9.17, 15) is 0 Å². The Labute approximate surface area is 97.2 Å². The Morgan fingerprint density at radius 1 is 1.53 bits per heavy atom. The van der Waals surface area contributed by atoms with Crippen molar-refractivity contribution in [2.24, 2.45) is 0 Å². The molecule has 2 heteroatoms. The Kier molecular flexibility index (Phi) is 3.06. The van der Waals surface area contributed by atoms with Crippen molar-refractivity contribution in [2.45, 2.75) is 19.4 Å². The number of hydrogen-bond acceptors (Lipinski definition) is 2. The number of thiol groups is 1. The molecule has 1 heterocycles. The first kappa shape index (κ1) is 10.6. The van der Waals surface area contributed by atoms with Gasteiger partial charge in [0, 0.05) is 24.0 Å². The summed E-state index contributed by atoms with van der Waals surface area (Å²) in [6.07, 6.45) is 1.15. The molecule has 0 amide bonds. The zero-order valence-corrected chi connectivity index (χ0v) is 10.0. The van der Waals surface area contributed by atoms with Crippen LogP contribution in [-0.4, -0.2) is 18.3 Å². The molecule has 15 heavy (non-hydrogen) atoms. The maximum absolute atomic E-state index is 4.26. The van der Waals surface area contributed by atoms with Crippen molar-refractivity contribution in [3.8, 4) is 0 Å². The normalized spacial score (nSPS) is 19.1. The lowest BCUT2D eigenvalue weighted by Gasteiger charge is -2.25. The number of fused-ring (bicyclic) bond motifs is 1. The molecule has 0 aromatic heterocycles. The number of benzene rings is 1. The van der Waals surface area contributed by atoms with Crippen LogP contribution in [0, 0.1) is 0 Å². The van der Waals surface area contributed by atoms with Gasteiger partial charge in [-0.15, -0.1) is 0 Å². The summed E-state index contributed by atoms with van der Waals surface area (Å²) in [4.78, 5) is 2.42. The molecule has 0 fully saturated rings. The summed E-state index contributed by atoms with van der Waals surface area (Å²) < 4.78 is 0. The summed E-state index contributed by atoms with van der Waals surface area (Å²) in [5.74, 6) is 0.769. The van der Waals surface area contributed by atoms with Gasteiger partial charge in [0.2, 0.25) is 0 Å². The zero-order valence-electron chi connectivity index (χ0n) is 9.11. The van der Waals surface area contributed by atoms with E-state index in [0.29, 0.717) is 6.04 Å². The summed E-state index contributed by atoms with van der Waals surface area (Å²) in [5.41, 5.74) is 4.01. The van der Waals surface area contributed by atoms with Crippen LogP contribution < -0.4 is 4.90 Å². The zero-order chi connectivity index (χ0) is 10.8. The highest BCUT2D eigenvalue weighted by Crippen LogP contribution is 2.32. The van der Waals surface area contributed by atoms with E-state index in [1.165, 1.54) is 16.8 Å². The maximum Gasteiger partial charge on any atom is 0.0404 e. The van der Waals surface area contributed by atoms with E-state index in [4.69, 9.17) is 0 Å². The SMILES string of the molecule is C=C(CS)CN1c2ccccc2CC1C. The Morgan fingerprint density at radius 2 is 2.27 bits per heavy atom. The van der Waals surface area contributed by atoms with Crippen molar-refractivity contribution in [3.05, 3.63) is 42.0 Å². The van der Waals surface area contributed by atoms with Gasteiger partial charge in [-0.2, -0.15) is 12.6 Å². The first-order valence-electron chi connectivity index (χ1n) is 5.34. The van der Waals surface area contributed by atoms with Gasteiger partial charge in [0.15, 0.2) is 0 Å². The lowest BCUT2D eigenvalue weighted by Crippen LogP contribution is -2.31. The standard InChI is InChI=1S/C13H17NS/c1-10(9-15)8-14-11(2)7-12-5-3-4-6-13(12)14/h3-6,11,15H,1,7-9H2,2H3. The van der Waals surface area contributed by atoms with Crippen LogP contribution in [0.4, 0.5) is 5.69 Å². The Morgan fingerprint density at radius 3 is 3.00 bits per heavy atom. The molecule has 1 aliphatic heterocycles. The average Bonchev–Trinajstić information content (AvgIpc) is 2.55. The second-order valence-electron chi connectivity index (χ2n) is 4.22. The molecular weight excluding hydrogens is 202 g/mol. The smallest absolute Gasteiger partial charge is 0.0404 e. The van der Waals surface area contributed by atoms with Crippen LogP contribution in [0.1, 0.15) is 12.5 Å². The van der Waals surface area contributed by atoms with Crippen LogP contribution in [0.15, 0.2) is 36.4 Å². The fourth-order valence-corrected chi connectivity index (χ4v) is 2.26. The Bertz CT molecular complexity index is 373. The Balaban J connectivity index is 2.22. The molecule has 1 nitrogen and oxygen atoms in total. The van der Waals surface area contributed by atoms with Crippen molar-refractivity contribution >= 4 is 18.3 Å². The Hall–Kier alpha value is -0.890. The highest BCUT2D eigenvalue weighted by Gasteiger charge is 2.25. The summed E-state index contributed by atoms with van der Waals surface area (Å²) in [5, 5.41) is 0. The van der Waals surface area contributed by atoms with E-state index in [-0.39, 0.29) is 0 Å². The van der Waals surface area contributed by atoms with Crippen molar-refractivity contribution in [3.63, 3.8) is 0 Å². The van der Waals surface area contributed by atoms with Gasteiger partial charge in [-0.1, -0.05) is 24.8 Å². The molecule has 1 atom stereocenters. The summed E-state index contributed by atoms with van der Waals surface area (Å²) in [6, 6.07) is 9.22. The summed E-state index contributed by atoms with van der Waals surface area (Å²) >= 11 is 4.26. The lowest BCUT2D eigenvalue weighted by molar-refractivity contribution is 0.698. The largest absolute Gasteiger partial charge is 0.364 e. The van der Waals surface area contributed by atoms with Gasteiger partial charge in [0.05, 0.1) is 0 Å². The number of rotatable bonds is 3. The van der Waals surface area contributed by atoms with Gasteiger partial charge in [0.1, 0.15) is 0 Å². The van der Waals surface area contributed by atoms with Gasteiger partial charge in [0.25, 0.3) is 0 Å². The van der Waals surface area contributed by atoms with Crippen LogP contribution in [0.5, 0.6) is 0 Å². The predicted octanol–water partition coefficient (Wildman–Crippen LogP) is 2.92. The third-order valence-electron chi connectivity index (χ3n) is 2.97. The van der Waals surface area contributed by atoms with Crippen LogP contribution in [-0.2, 0) is 6.42 Å². The van der Waals surface area contributed by atoms with E-state index in [2.05, 4.69) is 55.3 Å². The molecular formula is C13H17NS. The number of para-hydroxylation sites is 1. The van der Waals surface area contributed by atoms with Gasteiger partial charge >= 0.3 is 0 Å². The van der Waals surface area contributed by atoms with Crippen LogP contribution in [0.3, 0.4) is 0 Å². The summed E-state index contributed by atoms with van der Waals surface area (Å²) in [7, 11) is 0. The number of hydrogen-bond donors (Lipinski definition) is 1. The first-order chi connectivity index (χ1) is 7.22. The molecule has 0 radical (unpaired) electrons.